The van der Waals surface area contributed by atoms with Gasteiger partial charge in [-0.2, -0.15) is 5.26 Å². The Balaban J connectivity index is 0.00000200. The van der Waals surface area contributed by atoms with Crippen LogP contribution in [-0.2, 0) is 0 Å². The SMILES string of the molecule is Cl.N#CC(c1ccc(N)cc1Cl)c1ccc(Cl)cc1Cl. The van der Waals surface area contributed by atoms with Crippen LogP contribution in [0.3, 0.4) is 0 Å². The molecule has 2 rings (SSSR count). The van der Waals surface area contributed by atoms with E-state index in [1.54, 1.807) is 36.4 Å². The fourth-order valence-electron chi connectivity index (χ4n) is 1.82. The minimum atomic E-state index is -0.558. The van der Waals surface area contributed by atoms with Crippen LogP contribution in [0.4, 0.5) is 5.69 Å². The van der Waals surface area contributed by atoms with Crippen molar-refractivity contribution in [3.8, 4) is 6.07 Å². The van der Waals surface area contributed by atoms with Crippen molar-refractivity contribution in [3.05, 3.63) is 62.6 Å². The lowest BCUT2D eigenvalue weighted by atomic mass is 9.92. The van der Waals surface area contributed by atoms with Gasteiger partial charge in [0.05, 0.1) is 12.0 Å². The Bertz CT molecular complexity index is 613. The second-order valence-electron chi connectivity index (χ2n) is 4.01. The number of nitrogen functional groups attached to an aromatic ring is 1. The minimum absolute atomic E-state index is 0. The predicted molar refractivity (Wildman–Crippen MR) is 87.0 cm³/mol. The van der Waals surface area contributed by atoms with Crippen LogP contribution in [0.15, 0.2) is 36.4 Å². The van der Waals surface area contributed by atoms with Gasteiger partial charge < -0.3 is 5.73 Å². The molecule has 0 bridgehead atoms. The molecule has 1 unspecified atom stereocenters. The number of nitrogens with two attached hydrogens (primary N) is 1. The van der Waals surface area contributed by atoms with Gasteiger partial charge in [-0.3, -0.25) is 0 Å². The second-order valence-corrected chi connectivity index (χ2v) is 5.26. The molecule has 0 spiro atoms. The Morgan fingerprint density at radius 2 is 1.50 bits per heavy atom. The standard InChI is InChI=1S/C14H9Cl3N2.ClH/c15-8-1-3-10(13(16)5-8)12(7-18)11-4-2-9(19)6-14(11)17;/h1-6,12H,19H2;1H. The van der Waals surface area contributed by atoms with Crippen molar-refractivity contribution < 1.29 is 0 Å². The van der Waals surface area contributed by atoms with Crippen molar-refractivity contribution in [3.63, 3.8) is 0 Å². The smallest absolute Gasteiger partial charge is 0.0991 e. The lowest BCUT2D eigenvalue weighted by molar-refractivity contribution is 1.04. The lowest BCUT2D eigenvalue weighted by Crippen LogP contribution is -2.01. The van der Waals surface area contributed by atoms with Crippen LogP contribution in [0.2, 0.25) is 15.1 Å². The van der Waals surface area contributed by atoms with Crippen molar-refractivity contribution in [2.24, 2.45) is 0 Å². The third-order valence-corrected chi connectivity index (χ3v) is 3.63. The zero-order valence-electron chi connectivity index (χ0n) is 10.1. The molecule has 2 N–H and O–H groups in total. The molecule has 6 heteroatoms. The first-order valence-corrected chi connectivity index (χ1v) is 6.56. The molecule has 0 fully saturated rings. The minimum Gasteiger partial charge on any atom is -0.399 e. The number of rotatable bonds is 2. The first-order chi connectivity index (χ1) is 9.02. The summed E-state index contributed by atoms with van der Waals surface area (Å²) in [5.74, 6) is -0.558. The highest BCUT2D eigenvalue weighted by atomic mass is 35.5. The van der Waals surface area contributed by atoms with Gasteiger partial charge in [0, 0.05) is 20.8 Å². The number of hydrogen-bond acceptors (Lipinski definition) is 2. The molecule has 2 aromatic rings. The summed E-state index contributed by atoms with van der Waals surface area (Å²) in [5.41, 5.74) is 7.53. The number of nitrogens with zero attached hydrogens (tertiary/aromatic N) is 1. The van der Waals surface area contributed by atoms with E-state index in [9.17, 15) is 5.26 Å². The Hall–Kier alpha value is -1.11. The monoisotopic (exact) mass is 346 g/mol. The largest absolute Gasteiger partial charge is 0.399 e. The van der Waals surface area contributed by atoms with E-state index < -0.39 is 5.92 Å². The van der Waals surface area contributed by atoms with Crippen molar-refractivity contribution in [2.45, 2.75) is 5.92 Å². The number of anilines is 1. The van der Waals surface area contributed by atoms with Crippen LogP contribution in [0.5, 0.6) is 0 Å². The molecule has 0 aromatic heterocycles. The van der Waals surface area contributed by atoms with E-state index in [1.807, 2.05) is 0 Å². The van der Waals surface area contributed by atoms with Crippen LogP contribution >= 0.6 is 47.2 Å². The van der Waals surface area contributed by atoms with Crippen LogP contribution in [0.25, 0.3) is 0 Å². The molecule has 2 nitrogen and oxygen atoms in total. The topological polar surface area (TPSA) is 49.8 Å². The average Bonchev–Trinajstić information content (AvgIpc) is 2.34. The van der Waals surface area contributed by atoms with Gasteiger partial charge in [-0.1, -0.05) is 46.9 Å². The molecule has 1 atom stereocenters. The van der Waals surface area contributed by atoms with Crippen LogP contribution in [0, 0.1) is 11.3 Å². The molecule has 0 radical (unpaired) electrons. The van der Waals surface area contributed by atoms with E-state index in [1.165, 1.54) is 0 Å². The van der Waals surface area contributed by atoms with E-state index in [-0.39, 0.29) is 12.4 Å². The lowest BCUT2D eigenvalue weighted by Gasteiger charge is -2.14. The first-order valence-electron chi connectivity index (χ1n) is 5.42. The molecule has 0 heterocycles. The molecule has 0 saturated heterocycles. The van der Waals surface area contributed by atoms with Crippen molar-refractivity contribution in [1.82, 2.24) is 0 Å². The van der Waals surface area contributed by atoms with Gasteiger partial charge in [0.1, 0.15) is 0 Å². The second kappa shape index (κ2) is 7.06. The number of hydrogen-bond donors (Lipinski definition) is 1. The fraction of sp³-hybridized carbons (Fsp3) is 0.0714. The molecule has 0 saturated carbocycles. The summed E-state index contributed by atoms with van der Waals surface area (Å²) < 4.78 is 0. The summed E-state index contributed by atoms with van der Waals surface area (Å²) in [5, 5.41) is 10.8. The number of halogens is 4. The highest BCUT2D eigenvalue weighted by Crippen LogP contribution is 2.35. The van der Waals surface area contributed by atoms with Crippen LogP contribution in [0.1, 0.15) is 17.0 Å². The third-order valence-electron chi connectivity index (χ3n) is 2.74. The highest BCUT2D eigenvalue weighted by Gasteiger charge is 2.19. The fourth-order valence-corrected chi connectivity index (χ4v) is 2.64. The van der Waals surface area contributed by atoms with Gasteiger partial charge in [-0.15, -0.1) is 12.4 Å². The maximum absolute atomic E-state index is 9.39. The van der Waals surface area contributed by atoms with E-state index >= 15 is 0 Å². The highest BCUT2D eigenvalue weighted by molar-refractivity contribution is 6.35. The molecular weight excluding hydrogens is 338 g/mol. The van der Waals surface area contributed by atoms with Gasteiger partial charge in [0.2, 0.25) is 0 Å². The van der Waals surface area contributed by atoms with Crippen molar-refractivity contribution >= 4 is 52.9 Å². The Labute approximate surface area is 138 Å². The van der Waals surface area contributed by atoms with E-state index in [0.29, 0.717) is 31.9 Å². The third kappa shape index (κ3) is 3.50. The van der Waals surface area contributed by atoms with Gasteiger partial charge >= 0.3 is 0 Å². The first kappa shape index (κ1) is 16.9. The summed E-state index contributed by atoms with van der Waals surface area (Å²) in [6.45, 7) is 0. The van der Waals surface area contributed by atoms with Gasteiger partial charge in [0.25, 0.3) is 0 Å². The number of nitriles is 1. The van der Waals surface area contributed by atoms with Crippen molar-refractivity contribution in [1.29, 1.82) is 5.26 Å². The Morgan fingerprint density at radius 3 is 2.00 bits per heavy atom. The summed E-state index contributed by atoms with van der Waals surface area (Å²) in [6, 6.07) is 12.3. The van der Waals surface area contributed by atoms with Gasteiger partial charge in [-0.05, 0) is 35.4 Å². The quantitative estimate of drug-likeness (QED) is 0.748. The number of benzene rings is 2. The molecule has 0 aliphatic heterocycles. The van der Waals surface area contributed by atoms with E-state index in [0.717, 1.165) is 0 Å². The van der Waals surface area contributed by atoms with Gasteiger partial charge in [-0.25, -0.2) is 0 Å². The van der Waals surface area contributed by atoms with Crippen LogP contribution in [-0.4, -0.2) is 0 Å². The maximum atomic E-state index is 9.39. The zero-order chi connectivity index (χ0) is 14.0. The summed E-state index contributed by atoms with van der Waals surface area (Å²) in [6.07, 6.45) is 0. The van der Waals surface area contributed by atoms with Crippen LogP contribution < -0.4 is 5.73 Å². The van der Waals surface area contributed by atoms with Crippen molar-refractivity contribution in [2.75, 3.05) is 5.73 Å². The maximum Gasteiger partial charge on any atom is 0.0991 e. The summed E-state index contributed by atoms with van der Waals surface area (Å²) >= 11 is 18.1. The molecule has 0 aliphatic carbocycles. The molecular formula is C14H10Cl4N2. The molecule has 0 amide bonds. The summed E-state index contributed by atoms with van der Waals surface area (Å²) in [4.78, 5) is 0. The predicted octanol–water partition coefficient (Wildman–Crippen LogP) is 5.31. The summed E-state index contributed by atoms with van der Waals surface area (Å²) in [7, 11) is 0. The van der Waals surface area contributed by atoms with E-state index in [2.05, 4.69) is 6.07 Å². The molecule has 20 heavy (non-hydrogen) atoms. The zero-order valence-corrected chi connectivity index (χ0v) is 13.2. The normalized spacial score (nSPS) is 11.3. The molecule has 2 aromatic carbocycles. The Morgan fingerprint density at radius 1 is 0.950 bits per heavy atom. The average molecular weight is 348 g/mol. The Kier molecular flexibility index (Phi) is 5.98. The van der Waals surface area contributed by atoms with E-state index in [4.69, 9.17) is 40.5 Å². The molecule has 0 aliphatic rings. The molecule has 104 valence electrons. The van der Waals surface area contributed by atoms with Gasteiger partial charge in [0.15, 0.2) is 0 Å².